The van der Waals surface area contributed by atoms with E-state index in [1.165, 1.54) is 17.9 Å². The minimum Gasteiger partial charge on any atom is -0.375 e. The SMILES string of the molecule is CC(=O)CC1(O)C(=O)N(C)c2ccc(Cl)cc21. The number of aliphatic hydroxyl groups is 1. The molecule has 0 fully saturated rings. The lowest BCUT2D eigenvalue weighted by Crippen LogP contribution is -2.39. The maximum Gasteiger partial charge on any atom is 0.263 e. The fourth-order valence-electron chi connectivity index (χ4n) is 2.17. The Bertz CT molecular complexity index is 514. The van der Waals surface area contributed by atoms with Crippen molar-refractivity contribution in [3.63, 3.8) is 0 Å². The monoisotopic (exact) mass is 253 g/mol. The van der Waals surface area contributed by atoms with E-state index < -0.39 is 11.5 Å². The van der Waals surface area contributed by atoms with Gasteiger partial charge < -0.3 is 10.0 Å². The van der Waals surface area contributed by atoms with Crippen LogP contribution in [0.1, 0.15) is 18.9 Å². The molecule has 1 aromatic carbocycles. The minimum absolute atomic E-state index is 0.233. The van der Waals surface area contributed by atoms with Crippen molar-refractivity contribution in [1.29, 1.82) is 0 Å². The Morgan fingerprint density at radius 3 is 2.76 bits per heavy atom. The third-order valence-corrected chi connectivity index (χ3v) is 3.16. The summed E-state index contributed by atoms with van der Waals surface area (Å²) in [5.74, 6) is -0.743. The highest BCUT2D eigenvalue weighted by Crippen LogP contribution is 2.42. The first kappa shape index (κ1) is 12.1. The molecule has 17 heavy (non-hydrogen) atoms. The van der Waals surface area contributed by atoms with E-state index in [-0.39, 0.29) is 12.2 Å². The van der Waals surface area contributed by atoms with Gasteiger partial charge in [-0.1, -0.05) is 11.6 Å². The van der Waals surface area contributed by atoms with Crippen molar-refractivity contribution in [3.8, 4) is 0 Å². The average molecular weight is 254 g/mol. The van der Waals surface area contributed by atoms with E-state index in [9.17, 15) is 14.7 Å². The zero-order valence-corrected chi connectivity index (χ0v) is 10.3. The molecular weight excluding hydrogens is 242 g/mol. The number of anilines is 1. The number of Topliss-reactive ketones (excluding diaryl/α,β-unsaturated/α-hetero) is 1. The van der Waals surface area contributed by atoms with Crippen LogP contribution in [0.25, 0.3) is 0 Å². The van der Waals surface area contributed by atoms with Gasteiger partial charge in [-0.05, 0) is 25.1 Å². The number of fused-ring (bicyclic) bond motifs is 1. The first-order chi connectivity index (χ1) is 7.86. The molecule has 0 aliphatic carbocycles. The first-order valence-electron chi connectivity index (χ1n) is 5.16. The molecule has 2 rings (SSSR count). The largest absolute Gasteiger partial charge is 0.375 e. The summed E-state index contributed by atoms with van der Waals surface area (Å²) in [6.45, 7) is 1.34. The van der Waals surface area contributed by atoms with Crippen LogP contribution in [0, 0.1) is 0 Å². The summed E-state index contributed by atoms with van der Waals surface area (Å²) >= 11 is 5.86. The van der Waals surface area contributed by atoms with E-state index in [1.54, 1.807) is 19.2 Å². The molecule has 1 N–H and O–H groups in total. The van der Waals surface area contributed by atoms with E-state index in [2.05, 4.69) is 0 Å². The van der Waals surface area contributed by atoms with Crippen LogP contribution >= 0.6 is 11.6 Å². The molecule has 1 aliphatic heterocycles. The fraction of sp³-hybridized carbons (Fsp3) is 0.333. The third-order valence-electron chi connectivity index (χ3n) is 2.93. The topological polar surface area (TPSA) is 57.6 Å². The van der Waals surface area contributed by atoms with Gasteiger partial charge in [-0.3, -0.25) is 9.59 Å². The van der Waals surface area contributed by atoms with Crippen molar-refractivity contribution in [3.05, 3.63) is 28.8 Å². The number of rotatable bonds is 2. The van der Waals surface area contributed by atoms with Gasteiger partial charge in [0.15, 0.2) is 5.60 Å². The maximum atomic E-state index is 12.0. The second-order valence-electron chi connectivity index (χ2n) is 4.26. The van der Waals surface area contributed by atoms with Crippen LogP contribution in [-0.4, -0.2) is 23.8 Å². The summed E-state index contributed by atoms with van der Waals surface area (Å²) in [5.41, 5.74) is -0.795. The van der Waals surface area contributed by atoms with E-state index in [4.69, 9.17) is 11.6 Å². The molecule has 1 amide bonds. The molecule has 1 unspecified atom stereocenters. The first-order valence-corrected chi connectivity index (χ1v) is 5.54. The number of amides is 1. The van der Waals surface area contributed by atoms with Crippen LogP contribution in [0.3, 0.4) is 0 Å². The molecule has 1 aromatic rings. The van der Waals surface area contributed by atoms with E-state index >= 15 is 0 Å². The summed E-state index contributed by atoms with van der Waals surface area (Å²) in [7, 11) is 1.56. The van der Waals surface area contributed by atoms with Gasteiger partial charge in [0.1, 0.15) is 5.78 Å². The highest BCUT2D eigenvalue weighted by Gasteiger charge is 2.49. The Hall–Kier alpha value is -1.39. The minimum atomic E-state index is -1.78. The van der Waals surface area contributed by atoms with E-state index in [0.29, 0.717) is 16.3 Å². The molecule has 0 aromatic heterocycles. The van der Waals surface area contributed by atoms with Crippen molar-refractivity contribution in [2.24, 2.45) is 0 Å². The standard InChI is InChI=1S/C12H12ClNO3/c1-7(15)6-12(17)9-5-8(13)3-4-10(9)14(2)11(12)16/h3-5,17H,6H2,1-2H3. The smallest absolute Gasteiger partial charge is 0.263 e. The van der Waals surface area contributed by atoms with Gasteiger partial charge in [0, 0.05) is 24.1 Å². The van der Waals surface area contributed by atoms with Crippen LogP contribution in [0.4, 0.5) is 5.69 Å². The molecule has 0 bridgehead atoms. The van der Waals surface area contributed by atoms with Gasteiger partial charge in [0.2, 0.25) is 0 Å². The second kappa shape index (κ2) is 3.82. The number of carbonyl (C=O) groups excluding carboxylic acids is 2. The third kappa shape index (κ3) is 1.73. The summed E-state index contributed by atoms with van der Waals surface area (Å²) in [6.07, 6.45) is -0.233. The quantitative estimate of drug-likeness (QED) is 0.869. The predicted molar refractivity (Wildman–Crippen MR) is 64.1 cm³/mol. The lowest BCUT2D eigenvalue weighted by Gasteiger charge is -2.20. The number of hydrogen-bond donors (Lipinski definition) is 1. The molecule has 90 valence electrons. The summed E-state index contributed by atoms with van der Waals surface area (Å²) in [4.78, 5) is 24.5. The number of halogens is 1. The lowest BCUT2D eigenvalue weighted by atomic mass is 9.90. The van der Waals surface area contributed by atoms with E-state index in [0.717, 1.165) is 0 Å². The Morgan fingerprint density at radius 2 is 2.18 bits per heavy atom. The van der Waals surface area contributed by atoms with Crippen molar-refractivity contribution in [2.45, 2.75) is 18.9 Å². The molecule has 1 atom stereocenters. The molecule has 5 heteroatoms. The van der Waals surface area contributed by atoms with Gasteiger partial charge in [-0.15, -0.1) is 0 Å². The van der Waals surface area contributed by atoms with Crippen LogP contribution in [0.2, 0.25) is 5.02 Å². The molecule has 0 saturated heterocycles. The van der Waals surface area contributed by atoms with Gasteiger partial charge >= 0.3 is 0 Å². The predicted octanol–water partition coefficient (Wildman–Crippen LogP) is 1.48. The molecule has 1 heterocycles. The summed E-state index contributed by atoms with van der Waals surface area (Å²) < 4.78 is 0. The normalized spacial score (nSPS) is 22.8. The number of ketones is 1. The zero-order chi connectivity index (χ0) is 12.8. The number of carbonyl (C=O) groups is 2. The average Bonchev–Trinajstić information content (AvgIpc) is 2.41. The molecule has 0 saturated carbocycles. The van der Waals surface area contributed by atoms with Crippen LogP contribution in [0.5, 0.6) is 0 Å². The van der Waals surface area contributed by atoms with Crippen molar-refractivity contribution >= 4 is 29.0 Å². The molecule has 1 aliphatic rings. The molecular formula is C12H12ClNO3. The Kier molecular flexibility index (Phi) is 2.72. The number of likely N-dealkylation sites (N-methyl/N-ethyl adjacent to an activating group) is 1. The number of benzene rings is 1. The summed E-state index contributed by atoms with van der Waals surface area (Å²) in [6, 6.07) is 4.83. The van der Waals surface area contributed by atoms with Crippen LogP contribution in [-0.2, 0) is 15.2 Å². The number of nitrogens with zero attached hydrogens (tertiary/aromatic N) is 1. The molecule has 0 spiro atoms. The van der Waals surface area contributed by atoms with Gasteiger partial charge in [0.25, 0.3) is 5.91 Å². The van der Waals surface area contributed by atoms with Gasteiger partial charge in [-0.2, -0.15) is 0 Å². The molecule has 4 nitrogen and oxygen atoms in total. The number of hydrogen-bond acceptors (Lipinski definition) is 3. The molecule has 0 radical (unpaired) electrons. The van der Waals surface area contributed by atoms with Gasteiger partial charge in [-0.25, -0.2) is 0 Å². The van der Waals surface area contributed by atoms with Gasteiger partial charge in [0.05, 0.1) is 5.69 Å². The Labute approximate surface area is 104 Å². The van der Waals surface area contributed by atoms with Crippen LogP contribution in [0.15, 0.2) is 18.2 Å². The maximum absolute atomic E-state index is 12.0. The highest BCUT2D eigenvalue weighted by atomic mass is 35.5. The fourth-order valence-corrected chi connectivity index (χ4v) is 2.34. The summed E-state index contributed by atoms with van der Waals surface area (Å²) in [5, 5.41) is 10.8. The zero-order valence-electron chi connectivity index (χ0n) is 9.53. The lowest BCUT2D eigenvalue weighted by molar-refractivity contribution is -0.141. The Balaban J connectivity index is 2.60. The van der Waals surface area contributed by atoms with Crippen molar-refractivity contribution in [2.75, 3.05) is 11.9 Å². The van der Waals surface area contributed by atoms with Crippen LogP contribution < -0.4 is 4.90 Å². The van der Waals surface area contributed by atoms with Crippen molar-refractivity contribution in [1.82, 2.24) is 0 Å². The Morgan fingerprint density at radius 1 is 1.53 bits per heavy atom. The second-order valence-corrected chi connectivity index (χ2v) is 4.70. The van der Waals surface area contributed by atoms with Crippen molar-refractivity contribution < 1.29 is 14.7 Å². The highest BCUT2D eigenvalue weighted by molar-refractivity contribution is 6.31. The van der Waals surface area contributed by atoms with E-state index in [1.807, 2.05) is 0 Å².